The van der Waals surface area contributed by atoms with Crippen molar-refractivity contribution < 1.29 is 19.4 Å². The smallest absolute Gasteiger partial charge is 0.195 e. The maximum atomic E-state index is 9.94. The zero-order valence-corrected chi connectivity index (χ0v) is 13.8. The Balaban J connectivity index is 2.83. The van der Waals surface area contributed by atoms with Crippen LogP contribution in [0, 0.1) is 0 Å². The van der Waals surface area contributed by atoms with Gasteiger partial charge in [-0.2, -0.15) is 0 Å². The number of hydrogen-bond donors (Lipinski definition) is 2. The van der Waals surface area contributed by atoms with Crippen molar-refractivity contribution >= 4 is 8.32 Å². The molecule has 0 saturated carbocycles. The van der Waals surface area contributed by atoms with Crippen LogP contribution in [0.3, 0.4) is 0 Å². The minimum atomic E-state index is -2.03. The van der Waals surface area contributed by atoms with Crippen LogP contribution in [0.1, 0.15) is 27.2 Å². The topological polar surface area (TPSA) is 108 Å². The summed E-state index contributed by atoms with van der Waals surface area (Å²) in [6.07, 6.45) is -2.05. The van der Waals surface area contributed by atoms with Gasteiger partial charge in [-0.3, -0.25) is 0 Å². The van der Waals surface area contributed by atoms with Gasteiger partial charge < -0.3 is 19.4 Å². The van der Waals surface area contributed by atoms with Crippen molar-refractivity contribution in [3.05, 3.63) is 10.4 Å². The van der Waals surface area contributed by atoms with E-state index in [2.05, 4.69) is 43.9 Å². The van der Waals surface area contributed by atoms with E-state index in [1.54, 1.807) is 0 Å². The molecule has 1 saturated heterocycles. The van der Waals surface area contributed by atoms with Gasteiger partial charge in [0.05, 0.1) is 18.8 Å². The van der Waals surface area contributed by atoms with E-state index in [0.717, 1.165) is 0 Å². The third-order valence-electron chi connectivity index (χ3n) is 4.15. The molecule has 1 fully saturated rings. The first-order valence-electron chi connectivity index (χ1n) is 6.79. The number of aliphatic hydroxyl groups excluding tert-OH is 2. The Morgan fingerprint density at radius 2 is 2.05 bits per heavy atom. The summed E-state index contributed by atoms with van der Waals surface area (Å²) >= 11 is 0. The summed E-state index contributed by atoms with van der Waals surface area (Å²) in [6.45, 7) is 10.2. The van der Waals surface area contributed by atoms with Gasteiger partial charge in [0.2, 0.25) is 0 Å². The highest BCUT2D eigenvalue weighted by atomic mass is 28.4. The second-order valence-corrected chi connectivity index (χ2v) is 11.4. The molecule has 1 aliphatic rings. The van der Waals surface area contributed by atoms with Crippen LogP contribution in [-0.4, -0.2) is 49.7 Å². The van der Waals surface area contributed by atoms with E-state index in [1.165, 1.54) is 0 Å². The number of azide groups is 1. The first kappa shape index (κ1) is 17.4. The molecule has 0 aromatic carbocycles. The third kappa shape index (κ3) is 3.94. The lowest BCUT2D eigenvalue weighted by molar-refractivity contribution is -0.206. The molecule has 1 aliphatic heterocycles. The molecular weight excluding hydrogens is 278 g/mol. The molecule has 1 rings (SSSR count). The maximum absolute atomic E-state index is 9.94. The van der Waals surface area contributed by atoms with Crippen LogP contribution in [0.2, 0.25) is 18.1 Å². The summed E-state index contributed by atoms with van der Waals surface area (Å²) < 4.78 is 11.7. The monoisotopic (exact) mass is 303 g/mol. The fraction of sp³-hybridized carbons (Fsp3) is 1.00. The highest BCUT2D eigenvalue weighted by Crippen LogP contribution is 2.39. The molecule has 0 spiro atoms. The summed E-state index contributed by atoms with van der Waals surface area (Å²) in [5, 5.41) is 22.8. The van der Waals surface area contributed by atoms with Crippen LogP contribution in [-0.2, 0) is 9.16 Å². The van der Waals surface area contributed by atoms with Gasteiger partial charge in [-0.05, 0) is 23.7 Å². The first-order valence-corrected chi connectivity index (χ1v) is 9.69. The Morgan fingerprint density at radius 3 is 2.50 bits per heavy atom. The van der Waals surface area contributed by atoms with Crippen molar-refractivity contribution in [2.24, 2.45) is 5.11 Å². The zero-order valence-electron chi connectivity index (χ0n) is 12.8. The van der Waals surface area contributed by atoms with Gasteiger partial charge in [-0.25, -0.2) is 0 Å². The normalized spacial score (nSPS) is 31.8. The molecule has 0 aromatic rings. The van der Waals surface area contributed by atoms with Gasteiger partial charge in [-0.1, -0.05) is 25.9 Å². The standard InChI is InChI=1S/C12H25N3O4Si/c1-12(2,3)20(4,5)19-10-6-8(14-15-13)11(17)9(7-16)18-10/h8-11,16-17H,6-7H2,1-5H3/t8-,9-,10+,11+/m1/s1. The van der Waals surface area contributed by atoms with E-state index in [4.69, 9.17) is 14.7 Å². The van der Waals surface area contributed by atoms with E-state index in [0.29, 0.717) is 6.42 Å². The van der Waals surface area contributed by atoms with Crippen molar-refractivity contribution in [3.63, 3.8) is 0 Å². The predicted molar refractivity (Wildman–Crippen MR) is 77.6 cm³/mol. The molecule has 4 atom stereocenters. The van der Waals surface area contributed by atoms with Crippen molar-refractivity contribution in [2.45, 2.75) is 69.9 Å². The molecule has 0 unspecified atom stereocenters. The summed E-state index contributed by atoms with van der Waals surface area (Å²) in [6, 6.07) is -0.638. The molecule has 20 heavy (non-hydrogen) atoms. The quantitative estimate of drug-likeness (QED) is 0.359. The average Bonchev–Trinajstić information content (AvgIpc) is 2.31. The van der Waals surface area contributed by atoms with Crippen LogP contribution in [0.5, 0.6) is 0 Å². The Kier molecular flexibility index (Phi) is 5.59. The highest BCUT2D eigenvalue weighted by molar-refractivity contribution is 6.74. The van der Waals surface area contributed by atoms with Crippen LogP contribution in [0.4, 0.5) is 0 Å². The van der Waals surface area contributed by atoms with Crippen molar-refractivity contribution in [1.29, 1.82) is 0 Å². The second-order valence-electron chi connectivity index (χ2n) is 6.66. The van der Waals surface area contributed by atoms with E-state index in [9.17, 15) is 10.2 Å². The van der Waals surface area contributed by atoms with E-state index >= 15 is 0 Å². The van der Waals surface area contributed by atoms with Gasteiger partial charge in [0.25, 0.3) is 0 Å². The number of nitrogens with zero attached hydrogens (tertiary/aromatic N) is 3. The fourth-order valence-electron chi connectivity index (χ4n) is 1.83. The minimum Gasteiger partial charge on any atom is -0.394 e. The molecule has 0 aliphatic carbocycles. The van der Waals surface area contributed by atoms with Crippen LogP contribution >= 0.6 is 0 Å². The number of aliphatic hydroxyl groups is 2. The Morgan fingerprint density at radius 1 is 1.45 bits per heavy atom. The molecule has 1 heterocycles. The SMILES string of the molecule is CC(C)(C)[Si](C)(C)O[C@H]1C[C@@H](N=[N+]=[N-])[C@H](O)[C@@H](CO)O1. The summed E-state index contributed by atoms with van der Waals surface area (Å²) in [5.74, 6) is 0. The molecule has 116 valence electrons. The highest BCUT2D eigenvalue weighted by Gasteiger charge is 2.44. The molecule has 0 amide bonds. The Bertz CT molecular complexity index is 379. The maximum Gasteiger partial charge on any atom is 0.195 e. The zero-order chi connectivity index (χ0) is 15.6. The first-order chi connectivity index (χ1) is 9.12. The van der Waals surface area contributed by atoms with Gasteiger partial charge in [-0.15, -0.1) is 0 Å². The largest absolute Gasteiger partial charge is 0.394 e. The van der Waals surface area contributed by atoms with Crippen LogP contribution < -0.4 is 0 Å². The Hall–Kier alpha value is -0.633. The van der Waals surface area contributed by atoms with Crippen LogP contribution in [0.15, 0.2) is 5.11 Å². The lowest BCUT2D eigenvalue weighted by atomic mass is 10.00. The third-order valence-corrected chi connectivity index (χ3v) is 8.61. The molecule has 7 nitrogen and oxygen atoms in total. The van der Waals surface area contributed by atoms with E-state index < -0.39 is 32.9 Å². The average molecular weight is 303 g/mol. The van der Waals surface area contributed by atoms with E-state index in [-0.39, 0.29) is 11.6 Å². The second kappa shape index (κ2) is 6.42. The molecule has 8 heteroatoms. The van der Waals surface area contributed by atoms with Gasteiger partial charge in [0.1, 0.15) is 12.4 Å². The van der Waals surface area contributed by atoms with Crippen molar-refractivity contribution in [2.75, 3.05) is 6.61 Å². The Labute approximate surface area is 120 Å². The number of ether oxygens (including phenoxy) is 1. The van der Waals surface area contributed by atoms with E-state index in [1.807, 2.05) is 0 Å². The number of hydrogen-bond acceptors (Lipinski definition) is 5. The molecular formula is C12H25N3O4Si. The summed E-state index contributed by atoms with van der Waals surface area (Å²) in [7, 11) is -2.03. The van der Waals surface area contributed by atoms with Crippen molar-refractivity contribution in [1.82, 2.24) is 0 Å². The van der Waals surface area contributed by atoms with Crippen LogP contribution in [0.25, 0.3) is 10.4 Å². The minimum absolute atomic E-state index is 0.0229. The fourth-order valence-corrected chi connectivity index (χ4v) is 2.99. The molecule has 0 aromatic heterocycles. The van der Waals surface area contributed by atoms with Gasteiger partial charge >= 0.3 is 0 Å². The molecule has 0 bridgehead atoms. The lowest BCUT2D eigenvalue weighted by Crippen LogP contribution is -2.53. The summed E-state index contributed by atoms with van der Waals surface area (Å²) in [5.41, 5.74) is 8.56. The number of rotatable bonds is 4. The molecule has 0 radical (unpaired) electrons. The summed E-state index contributed by atoms with van der Waals surface area (Å²) in [4.78, 5) is 2.74. The van der Waals surface area contributed by atoms with Gasteiger partial charge in [0, 0.05) is 11.3 Å². The van der Waals surface area contributed by atoms with Crippen molar-refractivity contribution in [3.8, 4) is 0 Å². The molecule has 2 N–H and O–H groups in total. The van der Waals surface area contributed by atoms with Gasteiger partial charge in [0.15, 0.2) is 8.32 Å². The lowest BCUT2D eigenvalue weighted by Gasteiger charge is -2.43. The predicted octanol–water partition coefficient (Wildman–Crippen LogP) is 2.16.